The zero-order valence-corrected chi connectivity index (χ0v) is 64.5. The first-order valence-corrected chi connectivity index (χ1v) is 42.7. The van der Waals surface area contributed by atoms with Crippen molar-refractivity contribution in [3.8, 4) is 34.5 Å². The first kappa shape index (κ1) is 82.9. The monoisotopic (exact) mass is 1540 g/mol. The molecule has 102 heavy (non-hydrogen) atoms. The lowest BCUT2D eigenvalue weighted by atomic mass is 9.91. The average molecular weight is 1540 g/mol. The second kappa shape index (κ2) is 34.2. The maximum Gasteiger partial charge on any atom is 0.294 e. The normalized spacial score (nSPS) is 15.2. The molecule has 30 heteroatoms. The van der Waals surface area contributed by atoms with E-state index in [1.807, 2.05) is 83.1 Å². The Balaban J connectivity index is 1.81. The third kappa shape index (κ3) is 21.9. The predicted octanol–water partition coefficient (Wildman–Crippen LogP) is 13.6. The van der Waals surface area contributed by atoms with Gasteiger partial charge in [-0.05, 0) is 108 Å². The van der Waals surface area contributed by atoms with Crippen molar-refractivity contribution in [3.05, 3.63) is 140 Å². The highest BCUT2D eigenvalue weighted by Crippen LogP contribution is 2.45. The number of rotatable bonds is 30. The molecule has 6 N–H and O–H groups in total. The lowest BCUT2D eigenvalue weighted by molar-refractivity contribution is 0.247. The van der Waals surface area contributed by atoms with E-state index in [1.165, 1.54) is 0 Å². The molecule has 0 aliphatic heterocycles. The van der Waals surface area contributed by atoms with Gasteiger partial charge in [-0.3, -0.25) is 27.3 Å². The lowest BCUT2D eigenvalue weighted by Gasteiger charge is -2.25. The van der Waals surface area contributed by atoms with Crippen LogP contribution in [-0.4, -0.2) is 117 Å². The fraction of sp³-hybridized carbons (Fsp3) is 0.500. The van der Waals surface area contributed by atoms with Crippen LogP contribution in [0.5, 0.6) is 34.5 Å². The van der Waals surface area contributed by atoms with Gasteiger partial charge in [0.25, 0.3) is 60.7 Å². The second-order valence-corrected chi connectivity index (χ2v) is 35.8. The van der Waals surface area contributed by atoms with Gasteiger partial charge in [-0.15, -0.1) is 0 Å². The first-order valence-electron chi connectivity index (χ1n) is 34.1. The molecule has 0 spiro atoms. The summed E-state index contributed by atoms with van der Waals surface area (Å²) in [7, 11) is -31.4. The van der Waals surface area contributed by atoms with Crippen LogP contribution in [0, 0.1) is 35.5 Å². The maximum absolute atomic E-state index is 13.8. The molecular weight excluding hydrogens is 1440 g/mol. The highest BCUT2D eigenvalue weighted by molar-refractivity contribution is 7.87. The fourth-order valence-electron chi connectivity index (χ4n) is 11.2. The molecule has 0 radical (unpaired) electrons. The molecule has 12 bridgehead atoms. The van der Waals surface area contributed by atoms with Crippen LogP contribution in [0.25, 0.3) is 0 Å². The number of benzene rings is 6. The van der Waals surface area contributed by atoms with Gasteiger partial charge in [0.1, 0.15) is 34.5 Å². The Morgan fingerprint density at radius 1 is 0.235 bits per heavy atom. The third-order valence-corrected chi connectivity index (χ3v) is 23.6. The van der Waals surface area contributed by atoms with Gasteiger partial charge in [0, 0.05) is 105 Å². The van der Waals surface area contributed by atoms with Crippen LogP contribution in [0.2, 0.25) is 0 Å². The number of hydrogen-bond donors (Lipinski definition) is 6. The standard InChI is InChI=1S/C72H96O24S6/c1-13-43(7)37-91-67-49-19-51-27-62(98(76,77)78)29-53(68(51)92-38-44(8)14-2)21-55-31-64(100(82,83)84)33-57(70(55)94-40-46(10)16-4)23-59-35-66(102(88,89)90)36-60(72(59)96-42-48(12)18-6)24-58-34-65(101(85,86)87)32-56(71(58)95-41-47(11)17-5)22-54-30-63(99(79,80)81)28-52(69(54)93-39-45(9)15-3)20-50(67)26-61(25-49)97(73,74)75/h25-36,43-48H,13-24,37-42H2,1-12H3,(H,73,74,75)(H,76,77,78)(H,79,80,81)(H,82,83,84)(H,85,86,87)(H,88,89,90). The van der Waals surface area contributed by atoms with E-state index in [1.54, 1.807) is 0 Å². The Bertz CT molecular complexity index is 3830. The molecule has 7 rings (SSSR count). The van der Waals surface area contributed by atoms with Crippen LogP contribution in [0.3, 0.4) is 0 Å². The largest absolute Gasteiger partial charge is 0.493 e. The highest BCUT2D eigenvalue weighted by atomic mass is 32.2. The molecule has 0 amide bonds. The molecule has 0 saturated heterocycles. The van der Waals surface area contributed by atoms with Crippen molar-refractivity contribution in [3.63, 3.8) is 0 Å². The smallest absolute Gasteiger partial charge is 0.294 e. The predicted molar refractivity (Wildman–Crippen MR) is 384 cm³/mol. The van der Waals surface area contributed by atoms with E-state index >= 15 is 0 Å². The minimum Gasteiger partial charge on any atom is -0.493 e. The van der Waals surface area contributed by atoms with Gasteiger partial charge in [-0.1, -0.05) is 122 Å². The summed E-state index contributed by atoms with van der Waals surface area (Å²) in [6, 6.07) is 13.0. The molecule has 1 aliphatic carbocycles. The number of fused-ring (bicyclic) bond motifs is 12. The second-order valence-electron chi connectivity index (χ2n) is 27.3. The van der Waals surface area contributed by atoms with E-state index in [9.17, 15) is 77.8 Å². The molecule has 6 atom stereocenters. The third-order valence-electron chi connectivity index (χ3n) is 18.6. The Morgan fingerprint density at radius 3 is 0.412 bits per heavy atom. The van der Waals surface area contributed by atoms with Crippen molar-refractivity contribution in [2.45, 2.75) is 190 Å². The van der Waals surface area contributed by atoms with Crippen molar-refractivity contribution in [1.82, 2.24) is 0 Å². The number of ether oxygens (including phenoxy) is 6. The Labute approximate surface area is 601 Å². The van der Waals surface area contributed by atoms with Crippen molar-refractivity contribution < 1.29 is 106 Å². The summed E-state index contributed by atoms with van der Waals surface area (Å²) >= 11 is 0. The quantitative estimate of drug-likeness (QED) is 0.0228. The summed E-state index contributed by atoms with van der Waals surface area (Å²) in [6.07, 6.45) is 0.0225. The van der Waals surface area contributed by atoms with Crippen LogP contribution in [0.1, 0.15) is 188 Å². The highest BCUT2D eigenvalue weighted by Gasteiger charge is 2.32. The van der Waals surface area contributed by atoms with Crippen molar-refractivity contribution >= 4 is 60.7 Å². The minimum absolute atomic E-state index is 0.0540. The Kier molecular flexibility index (Phi) is 27.8. The molecule has 1 aliphatic rings. The average Bonchev–Trinajstić information content (AvgIpc) is 0.774. The summed E-state index contributed by atoms with van der Waals surface area (Å²) < 4.78 is 273. The van der Waals surface area contributed by atoms with Crippen molar-refractivity contribution in [2.24, 2.45) is 35.5 Å². The van der Waals surface area contributed by atoms with Gasteiger partial charge < -0.3 is 28.4 Å². The van der Waals surface area contributed by atoms with Crippen LogP contribution >= 0.6 is 0 Å². The van der Waals surface area contributed by atoms with Crippen LogP contribution in [0.4, 0.5) is 0 Å². The van der Waals surface area contributed by atoms with Crippen LogP contribution < -0.4 is 28.4 Å². The lowest BCUT2D eigenvalue weighted by Crippen LogP contribution is -2.16. The summed E-state index contributed by atoms with van der Waals surface area (Å²) in [5, 5.41) is 0. The summed E-state index contributed by atoms with van der Waals surface area (Å²) in [4.78, 5) is -4.40. The molecule has 24 nitrogen and oxygen atoms in total. The maximum atomic E-state index is 13.8. The van der Waals surface area contributed by atoms with Crippen LogP contribution in [-0.2, 0) is 99.2 Å². The Hall–Kier alpha value is -6.42. The zero-order valence-electron chi connectivity index (χ0n) is 59.6. The molecule has 6 aromatic carbocycles. The summed E-state index contributed by atoms with van der Waals surface area (Å²) in [5.74, 6) is -1.68. The van der Waals surface area contributed by atoms with E-state index in [2.05, 4.69) is 0 Å². The molecule has 0 fully saturated rings. The summed E-state index contributed by atoms with van der Waals surface area (Å²) in [5.41, 5.74) is -0.648. The zero-order chi connectivity index (χ0) is 75.8. The Morgan fingerprint density at radius 2 is 0.333 bits per heavy atom. The van der Waals surface area contributed by atoms with Gasteiger partial charge in [0.2, 0.25) is 0 Å². The van der Waals surface area contributed by atoms with Gasteiger partial charge in [-0.2, -0.15) is 50.5 Å². The molecular formula is C72H96O24S6. The van der Waals surface area contributed by atoms with Crippen molar-refractivity contribution in [2.75, 3.05) is 39.6 Å². The van der Waals surface area contributed by atoms with E-state index in [0.29, 0.717) is 38.5 Å². The molecule has 564 valence electrons. The fourth-order valence-corrected chi connectivity index (χ4v) is 14.7. The molecule has 6 unspecified atom stereocenters. The van der Waals surface area contributed by atoms with E-state index in [0.717, 1.165) is 72.8 Å². The molecule has 0 saturated carbocycles. The topological polar surface area (TPSA) is 382 Å². The summed E-state index contributed by atoms with van der Waals surface area (Å²) in [6.45, 7) is 22.1. The SMILES string of the molecule is CCC(C)COc1c2cc(S(=O)(=O)O)cc1Cc1cc(S(=O)(=O)O)cc(c1OCC(C)CC)Cc1cc(S(=O)(=O)O)cc(c1OCC(C)CC)Cc1cc(S(=O)(=O)O)cc(c1OCC(C)CC)Cc1cc(S(=O)(=O)O)cc(c1OCC(C)CC)Cc1cc(S(=O)(=O)O)cc(c1OCC(C)CC)C2. The first-order chi connectivity index (χ1) is 47.5. The molecule has 0 heterocycles. The van der Waals surface area contributed by atoms with Gasteiger partial charge in [-0.25, -0.2) is 0 Å². The molecule has 0 aromatic heterocycles. The van der Waals surface area contributed by atoms with Gasteiger partial charge >= 0.3 is 0 Å². The minimum atomic E-state index is -5.24. The number of hydrogen-bond acceptors (Lipinski definition) is 18. The van der Waals surface area contributed by atoms with E-state index in [-0.39, 0.29) is 176 Å². The van der Waals surface area contributed by atoms with E-state index in [4.69, 9.17) is 28.4 Å². The van der Waals surface area contributed by atoms with Crippen molar-refractivity contribution in [1.29, 1.82) is 0 Å². The molecule has 6 aromatic rings. The van der Waals surface area contributed by atoms with Gasteiger partial charge in [0.15, 0.2) is 0 Å². The van der Waals surface area contributed by atoms with E-state index < -0.39 is 129 Å². The van der Waals surface area contributed by atoms with Gasteiger partial charge in [0.05, 0.1) is 69.0 Å². The van der Waals surface area contributed by atoms with Crippen LogP contribution in [0.15, 0.2) is 102 Å².